The van der Waals surface area contributed by atoms with Crippen molar-refractivity contribution < 1.29 is 13.9 Å². The number of benzene rings is 2. The normalized spacial score (nSPS) is 10.7. The van der Waals surface area contributed by atoms with E-state index in [9.17, 15) is 9.59 Å². The van der Waals surface area contributed by atoms with Gasteiger partial charge in [0.25, 0.3) is 0 Å². The average Bonchev–Trinajstić information content (AvgIpc) is 2.85. The van der Waals surface area contributed by atoms with Gasteiger partial charge in [-0.2, -0.15) is 0 Å². The molecule has 0 unspecified atom stereocenters. The molecule has 0 atom stereocenters. The zero-order chi connectivity index (χ0) is 15.0. The minimum atomic E-state index is -0.564. The fourth-order valence-corrected chi connectivity index (χ4v) is 2.19. The Morgan fingerprint density at radius 1 is 1.29 bits per heavy atom. The Labute approximate surface area is 119 Å². The smallest absolute Gasteiger partial charge is 0.417 e. The first-order chi connectivity index (χ1) is 10.1. The fourth-order valence-electron chi connectivity index (χ4n) is 2.19. The molecule has 3 N–H and O–H groups in total. The summed E-state index contributed by atoms with van der Waals surface area (Å²) in [5, 5.41) is 0. The molecule has 1 heterocycles. The van der Waals surface area contributed by atoms with Crippen molar-refractivity contribution >= 4 is 22.6 Å². The van der Waals surface area contributed by atoms with E-state index in [0.717, 1.165) is 0 Å². The molecule has 0 saturated carbocycles. The maximum absolute atomic E-state index is 12.6. The van der Waals surface area contributed by atoms with Crippen LogP contribution in [0.4, 0.5) is 5.69 Å². The van der Waals surface area contributed by atoms with Crippen LogP contribution in [0.5, 0.6) is 5.75 Å². The van der Waals surface area contributed by atoms with Gasteiger partial charge in [-0.3, -0.25) is 9.78 Å². The first-order valence-corrected chi connectivity index (χ1v) is 6.20. The Morgan fingerprint density at radius 3 is 2.86 bits per heavy atom. The van der Waals surface area contributed by atoms with Crippen LogP contribution in [0.3, 0.4) is 0 Å². The lowest BCUT2D eigenvalue weighted by atomic mass is 10.0. The molecule has 1 aromatic heterocycles. The van der Waals surface area contributed by atoms with E-state index < -0.39 is 5.76 Å². The summed E-state index contributed by atoms with van der Waals surface area (Å²) in [6.45, 7) is 0. The van der Waals surface area contributed by atoms with E-state index >= 15 is 0 Å². The Balaban J connectivity index is 2.14. The predicted octanol–water partition coefficient (Wildman–Crippen LogP) is 1.94. The molecule has 0 aliphatic heterocycles. The SMILES string of the molecule is COc1cccc(N)c1C(=O)c1ccc2[nH]c(=O)oc2c1. The van der Waals surface area contributed by atoms with Gasteiger partial charge >= 0.3 is 5.76 Å². The van der Waals surface area contributed by atoms with Gasteiger partial charge in [-0.25, -0.2) is 4.79 Å². The highest BCUT2D eigenvalue weighted by atomic mass is 16.5. The molecular weight excluding hydrogens is 272 g/mol. The number of rotatable bonds is 3. The average molecular weight is 284 g/mol. The van der Waals surface area contributed by atoms with E-state index in [2.05, 4.69) is 4.98 Å². The lowest BCUT2D eigenvalue weighted by Crippen LogP contribution is -2.07. The number of aromatic amines is 1. The molecule has 0 bridgehead atoms. The highest BCUT2D eigenvalue weighted by Gasteiger charge is 2.18. The van der Waals surface area contributed by atoms with Crippen molar-refractivity contribution in [1.82, 2.24) is 4.98 Å². The van der Waals surface area contributed by atoms with Gasteiger partial charge in [0, 0.05) is 11.3 Å². The monoisotopic (exact) mass is 284 g/mol. The number of anilines is 1. The number of H-pyrrole nitrogens is 1. The molecule has 0 fully saturated rings. The summed E-state index contributed by atoms with van der Waals surface area (Å²) in [6, 6.07) is 9.71. The van der Waals surface area contributed by atoms with Crippen LogP contribution in [0.25, 0.3) is 11.1 Å². The van der Waals surface area contributed by atoms with E-state index in [1.165, 1.54) is 13.2 Å². The second-order valence-electron chi connectivity index (χ2n) is 4.48. The fraction of sp³-hybridized carbons (Fsp3) is 0.0667. The molecule has 6 heteroatoms. The number of methoxy groups -OCH3 is 1. The van der Waals surface area contributed by atoms with Crippen LogP contribution < -0.4 is 16.2 Å². The van der Waals surface area contributed by atoms with E-state index in [4.69, 9.17) is 14.9 Å². The number of nitrogens with two attached hydrogens (primary N) is 1. The molecule has 0 amide bonds. The number of fused-ring (bicyclic) bond motifs is 1. The lowest BCUT2D eigenvalue weighted by Gasteiger charge is -2.10. The molecule has 21 heavy (non-hydrogen) atoms. The first kappa shape index (κ1) is 13.0. The van der Waals surface area contributed by atoms with Gasteiger partial charge in [-0.1, -0.05) is 6.07 Å². The van der Waals surface area contributed by atoms with Crippen molar-refractivity contribution in [3.63, 3.8) is 0 Å². The van der Waals surface area contributed by atoms with Crippen LogP contribution in [0, 0.1) is 0 Å². The van der Waals surface area contributed by atoms with E-state index in [-0.39, 0.29) is 11.3 Å². The summed E-state index contributed by atoms with van der Waals surface area (Å²) in [5.74, 6) is -0.460. The number of ketones is 1. The van der Waals surface area contributed by atoms with Gasteiger partial charge in [-0.05, 0) is 30.3 Å². The van der Waals surface area contributed by atoms with Gasteiger partial charge in [0.15, 0.2) is 11.4 Å². The number of nitrogens with one attached hydrogen (secondary N) is 1. The minimum Gasteiger partial charge on any atom is -0.496 e. The first-order valence-electron chi connectivity index (χ1n) is 6.20. The highest BCUT2D eigenvalue weighted by molar-refractivity contribution is 6.14. The summed E-state index contributed by atoms with van der Waals surface area (Å²) in [6.07, 6.45) is 0. The molecule has 3 rings (SSSR count). The van der Waals surface area contributed by atoms with Crippen molar-refractivity contribution in [1.29, 1.82) is 0 Å². The third-order valence-corrected chi connectivity index (χ3v) is 3.19. The summed E-state index contributed by atoms with van der Waals surface area (Å²) in [4.78, 5) is 26.3. The Bertz CT molecular complexity index is 892. The standard InChI is InChI=1S/C15H12N2O4/c1-20-11-4-2-3-9(16)13(11)14(18)8-5-6-10-12(7-8)21-15(19)17-10/h2-7H,16H2,1H3,(H,17,19). The van der Waals surface area contributed by atoms with Crippen LogP contribution in [0.1, 0.15) is 15.9 Å². The summed E-state index contributed by atoms with van der Waals surface area (Å²) in [5.41, 5.74) is 7.70. The van der Waals surface area contributed by atoms with Crippen molar-refractivity contribution in [2.45, 2.75) is 0 Å². The largest absolute Gasteiger partial charge is 0.496 e. The quantitative estimate of drug-likeness (QED) is 0.565. The molecular formula is C15H12N2O4. The number of aromatic nitrogens is 1. The zero-order valence-electron chi connectivity index (χ0n) is 11.2. The Morgan fingerprint density at radius 2 is 2.10 bits per heavy atom. The van der Waals surface area contributed by atoms with Crippen LogP contribution in [-0.2, 0) is 0 Å². The Hall–Kier alpha value is -3.02. The number of ether oxygens (including phenoxy) is 1. The number of hydrogen-bond acceptors (Lipinski definition) is 5. The molecule has 0 spiro atoms. The van der Waals surface area contributed by atoms with Crippen molar-refractivity contribution in [2.24, 2.45) is 0 Å². The van der Waals surface area contributed by atoms with Crippen LogP contribution >= 0.6 is 0 Å². The van der Waals surface area contributed by atoms with Crippen LogP contribution in [0.2, 0.25) is 0 Å². The molecule has 6 nitrogen and oxygen atoms in total. The van der Waals surface area contributed by atoms with Crippen LogP contribution in [-0.4, -0.2) is 17.9 Å². The minimum absolute atomic E-state index is 0.289. The van der Waals surface area contributed by atoms with Gasteiger partial charge in [0.05, 0.1) is 18.2 Å². The molecule has 2 aromatic carbocycles. The van der Waals surface area contributed by atoms with Gasteiger partial charge in [0.2, 0.25) is 0 Å². The number of carbonyl (C=O) groups excluding carboxylic acids is 1. The van der Waals surface area contributed by atoms with Gasteiger partial charge in [0.1, 0.15) is 5.75 Å². The highest BCUT2D eigenvalue weighted by Crippen LogP contribution is 2.27. The van der Waals surface area contributed by atoms with Crippen molar-refractivity contribution in [3.05, 3.63) is 58.1 Å². The molecule has 3 aromatic rings. The van der Waals surface area contributed by atoms with Crippen molar-refractivity contribution in [3.8, 4) is 5.75 Å². The summed E-state index contributed by atoms with van der Waals surface area (Å²) < 4.78 is 10.1. The lowest BCUT2D eigenvalue weighted by molar-refractivity contribution is 0.103. The Kier molecular flexibility index (Phi) is 2.98. The summed E-state index contributed by atoms with van der Waals surface area (Å²) in [7, 11) is 1.47. The number of hydrogen-bond donors (Lipinski definition) is 2. The van der Waals surface area contributed by atoms with E-state index in [1.54, 1.807) is 30.3 Å². The second kappa shape index (κ2) is 4.82. The van der Waals surface area contributed by atoms with E-state index in [1.807, 2.05) is 0 Å². The number of carbonyl (C=O) groups is 1. The molecule has 0 saturated heterocycles. The van der Waals surface area contributed by atoms with Gasteiger partial charge in [-0.15, -0.1) is 0 Å². The topological polar surface area (TPSA) is 98.3 Å². The molecule has 0 aliphatic rings. The van der Waals surface area contributed by atoms with Gasteiger partial charge < -0.3 is 14.9 Å². The second-order valence-corrected chi connectivity index (χ2v) is 4.48. The maximum atomic E-state index is 12.6. The number of oxazole rings is 1. The third-order valence-electron chi connectivity index (χ3n) is 3.19. The van der Waals surface area contributed by atoms with E-state index in [0.29, 0.717) is 28.1 Å². The van der Waals surface area contributed by atoms with Crippen molar-refractivity contribution in [2.75, 3.05) is 12.8 Å². The predicted molar refractivity (Wildman–Crippen MR) is 77.7 cm³/mol. The number of nitrogen functional groups attached to an aromatic ring is 1. The zero-order valence-corrected chi connectivity index (χ0v) is 11.2. The third kappa shape index (κ3) is 2.16. The maximum Gasteiger partial charge on any atom is 0.417 e. The molecule has 0 radical (unpaired) electrons. The molecule has 0 aliphatic carbocycles. The molecule has 106 valence electrons. The summed E-state index contributed by atoms with van der Waals surface area (Å²) >= 11 is 0. The van der Waals surface area contributed by atoms with Crippen LogP contribution in [0.15, 0.2) is 45.6 Å².